The summed E-state index contributed by atoms with van der Waals surface area (Å²) in [6, 6.07) is 6.87. The van der Waals surface area contributed by atoms with Crippen LogP contribution in [0, 0.1) is 38.0 Å². The van der Waals surface area contributed by atoms with E-state index in [4.69, 9.17) is 0 Å². The minimum absolute atomic E-state index is 0.274. The van der Waals surface area contributed by atoms with Gasteiger partial charge in [-0.15, -0.1) is 12.8 Å². The van der Waals surface area contributed by atoms with Crippen molar-refractivity contribution < 1.29 is 0 Å². The Morgan fingerprint density at radius 2 is 1.63 bits per heavy atom. The normalized spacial score (nSPS) is 19.4. The fourth-order valence-corrected chi connectivity index (χ4v) is 4.39. The SMILES string of the molecule is C#C.C=C/C(=C\C=C/C)C1(C)CCC(/C=C(\CCC)c2cc(C)ccc2C)CC1.CC.CC.CS. The number of rotatable bonds is 7. The second kappa shape index (κ2) is 23.8. The molecule has 1 aromatic carbocycles. The molecule has 1 aliphatic rings. The maximum atomic E-state index is 4.07. The predicted molar refractivity (Wildman–Crippen MR) is 169 cm³/mol. The van der Waals surface area contributed by atoms with Crippen LogP contribution in [0.4, 0.5) is 0 Å². The second-order valence-electron chi connectivity index (χ2n) is 8.51. The maximum Gasteiger partial charge on any atom is -0.00750 e. The summed E-state index contributed by atoms with van der Waals surface area (Å²) in [5.74, 6) is 0.701. The summed E-state index contributed by atoms with van der Waals surface area (Å²) in [5.41, 5.74) is 7.45. The third kappa shape index (κ3) is 13.7. The smallest absolute Gasteiger partial charge is 0.00750 e. The van der Waals surface area contributed by atoms with E-state index < -0.39 is 0 Å². The van der Waals surface area contributed by atoms with Gasteiger partial charge in [0.2, 0.25) is 0 Å². The van der Waals surface area contributed by atoms with Crippen LogP contribution in [0.3, 0.4) is 0 Å². The average Bonchev–Trinajstić information content (AvgIpc) is 2.91. The molecule has 0 bridgehead atoms. The molecule has 198 valence electrons. The summed E-state index contributed by atoms with van der Waals surface area (Å²) >= 11 is 3.53. The topological polar surface area (TPSA) is 0 Å². The Balaban J connectivity index is -0.00000116. The van der Waals surface area contributed by atoms with Gasteiger partial charge in [-0.25, -0.2) is 0 Å². The van der Waals surface area contributed by atoms with E-state index in [1.165, 1.54) is 60.8 Å². The first-order chi connectivity index (χ1) is 16.9. The highest BCUT2D eigenvalue weighted by atomic mass is 32.1. The van der Waals surface area contributed by atoms with Crippen LogP contribution in [-0.4, -0.2) is 6.26 Å². The molecule has 0 unspecified atom stereocenters. The van der Waals surface area contributed by atoms with Gasteiger partial charge in [-0.1, -0.05) is 109 Å². The molecule has 0 spiro atoms. The number of hydrogen-bond acceptors (Lipinski definition) is 1. The predicted octanol–water partition coefficient (Wildman–Crippen LogP) is 11.2. The fraction of sp³-hybridized carbons (Fsp3) is 0.529. The fourth-order valence-electron chi connectivity index (χ4n) is 4.39. The van der Waals surface area contributed by atoms with Gasteiger partial charge in [-0.05, 0) is 92.7 Å². The van der Waals surface area contributed by atoms with Crippen molar-refractivity contribution in [3.05, 3.63) is 77.4 Å². The first-order valence-corrected chi connectivity index (χ1v) is 14.3. The van der Waals surface area contributed by atoms with Crippen LogP contribution in [0.5, 0.6) is 0 Å². The number of benzene rings is 1. The monoisotopic (exact) mass is 496 g/mol. The molecule has 2 rings (SSSR count). The molecule has 0 nitrogen and oxygen atoms in total. The number of thiol groups is 1. The molecule has 0 atom stereocenters. The summed E-state index contributed by atoms with van der Waals surface area (Å²) in [7, 11) is 0. The van der Waals surface area contributed by atoms with E-state index in [0.717, 1.165) is 0 Å². The first-order valence-electron chi connectivity index (χ1n) is 13.5. The highest BCUT2D eigenvalue weighted by Gasteiger charge is 2.32. The standard InChI is InChI=1S/C27H38.2C2H6.C2H2.CH4S/c1-7-10-12-25(9-3)27(6)17-15-23(16-18-27)20-24(11-8-2)26-19-21(4)13-14-22(26)5;4*1-2/h7,9-10,12-14,19-20,23H,3,8,11,15-18H2,1-2,4-6H3;2*1-2H3;1-2H;2H,1H3/b10-7-,24-20+,25-12+;;;;. The minimum atomic E-state index is 0.274. The molecule has 0 aliphatic heterocycles. The first kappa shape index (κ1) is 37.6. The van der Waals surface area contributed by atoms with Crippen molar-refractivity contribution in [2.75, 3.05) is 6.26 Å². The Bertz CT molecular complexity index is 765. The van der Waals surface area contributed by atoms with E-state index in [2.05, 4.69) is 115 Å². The van der Waals surface area contributed by atoms with Crippen molar-refractivity contribution in [3.63, 3.8) is 0 Å². The van der Waals surface area contributed by atoms with Crippen LogP contribution < -0.4 is 0 Å². The summed E-state index contributed by atoms with van der Waals surface area (Å²) < 4.78 is 0. The van der Waals surface area contributed by atoms with Crippen molar-refractivity contribution in [3.8, 4) is 12.8 Å². The Labute approximate surface area is 226 Å². The molecule has 0 radical (unpaired) electrons. The van der Waals surface area contributed by atoms with Crippen LogP contribution in [0.1, 0.15) is 104 Å². The second-order valence-corrected chi connectivity index (χ2v) is 8.51. The third-order valence-corrected chi connectivity index (χ3v) is 6.21. The van der Waals surface area contributed by atoms with Gasteiger partial charge in [-0.2, -0.15) is 12.6 Å². The zero-order valence-corrected chi connectivity index (χ0v) is 25.6. The van der Waals surface area contributed by atoms with Gasteiger partial charge in [0.1, 0.15) is 0 Å². The van der Waals surface area contributed by atoms with Crippen molar-refractivity contribution >= 4 is 18.2 Å². The van der Waals surface area contributed by atoms with E-state index >= 15 is 0 Å². The summed E-state index contributed by atoms with van der Waals surface area (Å²) in [5, 5.41) is 0. The molecular formula is C34H56S. The maximum absolute atomic E-state index is 4.07. The molecule has 0 N–H and O–H groups in total. The largest absolute Gasteiger partial charge is 0.183 e. The van der Waals surface area contributed by atoms with Gasteiger partial charge < -0.3 is 0 Å². The van der Waals surface area contributed by atoms with E-state index in [-0.39, 0.29) is 5.41 Å². The molecule has 1 aromatic rings. The highest BCUT2D eigenvalue weighted by Crippen LogP contribution is 2.45. The van der Waals surface area contributed by atoms with E-state index in [0.29, 0.717) is 5.92 Å². The van der Waals surface area contributed by atoms with Crippen LogP contribution in [0.2, 0.25) is 0 Å². The summed E-state index contributed by atoms with van der Waals surface area (Å²) in [6.07, 6.45) is 28.3. The van der Waals surface area contributed by atoms with E-state index in [9.17, 15) is 0 Å². The molecule has 1 aliphatic carbocycles. The quantitative estimate of drug-likeness (QED) is 0.216. The lowest BCUT2D eigenvalue weighted by molar-refractivity contribution is 0.238. The zero-order chi connectivity index (χ0) is 27.9. The molecule has 1 heteroatoms. The molecule has 0 saturated heterocycles. The number of aryl methyl sites for hydroxylation is 2. The molecule has 1 saturated carbocycles. The lowest BCUT2D eigenvalue weighted by atomic mass is 9.67. The Morgan fingerprint density at radius 3 is 2.09 bits per heavy atom. The summed E-state index contributed by atoms with van der Waals surface area (Å²) in [6.45, 7) is 23.3. The van der Waals surface area contributed by atoms with Crippen molar-refractivity contribution in [2.24, 2.45) is 11.3 Å². The van der Waals surface area contributed by atoms with Gasteiger partial charge >= 0.3 is 0 Å². The lowest BCUT2D eigenvalue weighted by Crippen LogP contribution is -2.25. The van der Waals surface area contributed by atoms with Crippen molar-refractivity contribution in [1.29, 1.82) is 0 Å². The number of terminal acetylenes is 1. The molecule has 1 fully saturated rings. The van der Waals surface area contributed by atoms with Gasteiger partial charge in [0.25, 0.3) is 0 Å². The number of hydrogen-bond donors (Lipinski definition) is 1. The minimum Gasteiger partial charge on any atom is -0.183 e. The lowest BCUT2D eigenvalue weighted by Gasteiger charge is -2.38. The molecule has 0 aromatic heterocycles. The van der Waals surface area contributed by atoms with Crippen LogP contribution in [0.25, 0.3) is 5.57 Å². The molecule has 35 heavy (non-hydrogen) atoms. The molecular weight excluding hydrogens is 440 g/mol. The zero-order valence-electron chi connectivity index (χ0n) is 24.7. The van der Waals surface area contributed by atoms with Gasteiger partial charge in [0, 0.05) is 0 Å². The van der Waals surface area contributed by atoms with Crippen molar-refractivity contribution in [2.45, 2.75) is 101 Å². The molecule has 0 amide bonds. The summed E-state index contributed by atoms with van der Waals surface area (Å²) in [4.78, 5) is 0. The molecule has 0 heterocycles. The van der Waals surface area contributed by atoms with Crippen molar-refractivity contribution in [1.82, 2.24) is 0 Å². The van der Waals surface area contributed by atoms with Crippen LogP contribution in [-0.2, 0) is 0 Å². The van der Waals surface area contributed by atoms with Gasteiger partial charge in [0.15, 0.2) is 0 Å². The van der Waals surface area contributed by atoms with Crippen LogP contribution in [0.15, 0.2) is 60.7 Å². The van der Waals surface area contributed by atoms with Crippen LogP contribution >= 0.6 is 12.6 Å². The van der Waals surface area contributed by atoms with Gasteiger partial charge in [0.05, 0.1) is 0 Å². The van der Waals surface area contributed by atoms with E-state index in [1.54, 1.807) is 11.8 Å². The highest BCUT2D eigenvalue weighted by molar-refractivity contribution is 7.79. The average molecular weight is 497 g/mol. The Morgan fingerprint density at radius 1 is 1.09 bits per heavy atom. The van der Waals surface area contributed by atoms with Gasteiger partial charge in [-0.3, -0.25) is 0 Å². The van der Waals surface area contributed by atoms with E-state index in [1.807, 2.05) is 27.7 Å². The Kier molecular flexibility index (Phi) is 25.6. The number of allylic oxidation sites excluding steroid dienone is 7. The Hall–Kier alpha value is -1.91. The third-order valence-electron chi connectivity index (χ3n) is 6.21.